The van der Waals surface area contributed by atoms with Crippen LogP contribution in [0.2, 0.25) is 0 Å². The molecule has 0 heterocycles. The molecular weight excluding hydrogens is 448 g/mol. The average molecular weight is 477 g/mol. The molecular formula is C24H28O6S2. The molecule has 2 aliphatic rings. The van der Waals surface area contributed by atoms with Crippen LogP contribution in [0.4, 0.5) is 0 Å². The van der Waals surface area contributed by atoms with Gasteiger partial charge in [-0.05, 0) is 28.3 Å². The lowest BCUT2D eigenvalue weighted by Crippen LogP contribution is -2.17. The first-order valence-electron chi connectivity index (χ1n) is 10.2. The van der Waals surface area contributed by atoms with Gasteiger partial charge in [0.1, 0.15) is 0 Å². The molecule has 0 amide bonds. The molecule has 2 N–H and O–H groups in total. The van der Waals surface area contributed by atoms with E-state index < -0.39 is 31.9 Å². The quantitative estimate of drug-likeness (QED) is 0.686. The predicted octanol–water partition coefficient (Wildman–Crippen LogP) is 3.54. The van der Waals surface area contributed by atoms with Crippen LogP contribution in [0.1, 0.15) is 48.3 Å². The van der Waals surface area contributed by atoms with Gasteiger partial charge in [0, 0.05) is 24.3 Å². The fourth-order valence-electron chi connectivity index (χ4n) is 3.96. The van der Waals surface area contributed by atoms with Crippen LogP contribution >= 0.6 is 0 Å². The van der Waals surface area contributed by atoms with Crippen LogP contribution in [0.15, 0.2) is 59.5 Å². The SMILES string of the molecule is C[C@H]1C=C(S(C)(=O)=O)c2ccccc2[C@H]1O.C[C@H]1C=Cc2c(cccc2S(C)(=O)=O)[C@H]1O. The van der Waals surface area contributed by atoms with E-state index in [-0.39, 0.29) is 16.7 Å². The molecule has 2 aromatic carbocycles. The van der Waals surface area contributed by atoms with Crippen LogP contribution in [0, 0.1) is 11.8 Å². The second-order valence-electron chi connectivity index (χ2n) is 8.39. The minimum absolute atomic E-state index is 0.0160. The van der Waals surface area contributed by atoms with Crippen LogP contribution in [-0.2, 0) is 19.7 Å². The highest BCUT2D eigenvalue weighted by Gasteiger charge is 2.29. The Morgan fingerprint density at radius 1 is 0.750 bits per heavy atom. The predicted molar refractivity (Wildman–Crippen MR) is 126 cm³/mol. The van der Waals surface area contributed by atoms with Gasteiger partial charge >= 0.3 is 0 Å². The van der Waals surface area contributed by atoms with Crippen molar-refractivity contribution >= 4 is 30.7 Å². The Hall–Kier alpha value is -2.26. The van der Waals surface area contributed by atoms with Crippen molar-refractivity contribution in [1.82, 2.24) is 0 Å². The first-order chi connectivity index (χ1) is 14.8. The number of hydrogen-bond donors (Lipinski definition) is 2. The lowest BCUT2D eigenvalue weighted by Gasteiger charge is -2.26. The summed E-state index contributed by atoms with van der Waals surface area (Å²) in [5.41, 5.74) is 2.63. The zero-order chi connectivity index (χ0) is 23.8. The summed E-state index contributed by atoms with van der Waals surface area (Å²) in [5, 5.41) is 19.9. The molecule has 32 heavy (non-hydrogen) atoms. The van der Waals surface area contributed by atoms with E-state index in [0.717, 1.165) is 0 Å². The molecule has 6 nitrogen and oxygen atoms in total. The van der Waals surface area contributed by atoms with Gasteiger partial charge in [0.2, 0.25) is 0 Å². The largest absolute Gasteiger partial charge is 0.388 e. The summed E-state index contributed by atoms with van der Waals surface area (Å²) in [4.78, 5) is 0.605. The number of sulfone groups is 2. The first-order valence-corrected chi connectivity index (χ1v) is 14.0. The van der Waals surface area contributed by atoms with Gasteiger partial charge in [0.05, 0.1) is 22.0 Å². The molecule has 0 aromatic heterocycles. The van der Waals surface area contributed by atoms with Gasteiger partial charge < -0.3 is 10.2 Å². The maximum atomic E-state index is 11.7. The van der Waals surface area contributed by atoms with E-state index in [1.165, 1.54) is 12.5 Å². The molecule has 0 radical (unpaired) electrons. The molecule has 8 heteroatoms. The number of aliphatic hydroxyl groups excluding tert-OH is 2. The zero-order valence-corrected chi connectivity index (χ0v) is 20.1. The summed E-state index contributed by atoms with van der Waals surface area (Å²) < 4.78 is 46.5. The number of fused-ring (bicyclic) bond motifs is 2. The minimum Gasteiger partial charge on any atom is -0.388 e. The fourth-order valence-corrected chi connectivity index (χ4v) is 5.92. The summed E-state index contributed by atoms with van der Waals surface area (Å²) in [5.74, 6) is -0.165. The molecule has 0 spiro atoms. The summed E-state index contributed by atoms with van der Waals surface area (Å²) in [7, 11) is -6.49. The van der Waals surface area contributed by atoms with Gasteiger partial charge in [-0.3, -0.25) is 0 Å². The Balaban J connectivity index is 0.000000181. The number of aliphatic hydroxyl groups is 2. The topological polar surface area (TPSA) is 109 Å². The van der Waals surface area contributed by atoms with Crippen LogP contribution in [0.3, 0.4) is 0 Å². The second-order valence-corrected chi connectivity index (χ2v) is 12.4. The lowest BCUT2D eigenvalue weighted by atomic mass is 9.88. The smallest absolute Gasteiger partial charge is 0.176 e. The van der Waals surface area contributed by atoms with Crippen molar-refractivity contribution in [2.45, 2.75) is 31.0 Å². The number of rotatable bonds is 2. The first kappa shape index (κ1) is 24.4. The minimum atomic E-state index is -3.25. The summed E-state index contributed by atoms with van der Waals surface area (Å²) >= 11 is 0. The van der Waals surface area contributed by atoms with Gasteiger partial charge in [-0.2, -0.15) is 0 Å². The third kappa shape index (κ3) is 4.88. The molecule has 4 atom stereocenters. The van der Waals surface area contributed by atoms with Gasteiger partial charge in [-0.1, -0.05) is 68.5 Å². The average Bonchev–Trinajstić information content (AvgIpc) is 2.72. The third-order valence-electron chi connectivity index (χ3n) is 5.74. The highest BCUT2D eigenvalue weighted by molar-refractivity contribution is 8.00. The number of hydrogen-bond acceptors (Lipinski definition) is 6. The Morgan fingerprint density at radius 2 is 1.34 bits per heavy atom. The monoisotopic (exact) mass is 476 g/mol. The second kappa shape index (κ2) is 8.94. The van der Waals surface area contributed by atoms with Crippen LogP contribution in [-0.4, -0.2) is 39.6 Å². The van der Waals surface area contributed by atoms with Crippen molar-refractivity contribution in [3.8, 4) is 0 Å². The molecule has 0 fully saturated rings. The molecule has 4 rings (SSSR count). The van der Waals surface area contributed by atoms with E-state index in [4.69, 9.17) is 0 Å². The fraction of sp³-hybridized carbons (Fsp3) is 0.333. The normalized spacial score (nSPS) is 24.5. The third-order valence-corrected chi connectivity index (χ3v) is 8.05. The maximum absolute atomic E-state index is 11.7. The van der Waals surface area contributed by atoms with E-state index in [9.17, 15) is 27.0 Å². The van der Waals surface area contributed by atoms with Crippen LogP contribution in [0.5, 0.6) is 0 Å². The maximum Gasteiger partial charge on any atom is 0.176 e. The van der Waals surface area contributed by atoms with Crippen molar-refractivity contribution in [3.05, 3.63) is 76.9 Å². The lowest BCUT2D eigenvalue weighted by molar-refractivity contribution is 0.137. The molecule has 2 aromatic rings. The van der Waals surface area contributed by atoms with E-state index in [1.54, 1.807) is 54.6 Å². The molecule has 0 aliphatic heterocycles. The Morgan fingerprint density at radius 3 is 1.97 bits per heavy atom. The highest BCUT2D eigenvalue weighted by atomic mass is 32.2. The molecule has 0 bridgehead atoms. The summed E-state index contributed by atoms with van der Waals surface area (Å²) in [6.07, 6.45) is 6.37. The van der Waals surface area contributed by atoms with E-state index in [2.05, 4.69) is 0 Å². The Labute approximate surface area is 189 Å². The zero-order valence-electron chi connectivity index (χ0n) is 18.4. The van der Waals surface area contributed by atoms with Crippen molar-refractivity contribution < 1.29 is 27.0 Å². The van der Waals surface area contributed by atoms with Crippen LogP contribution < -0.4 is 0 Å². The summed E-state index contributed by atoms with van der Waals surface area (Å²) in [6.45, 7) is 3.71. The van der Waals surface area contributed by atoms with Crippen molar-refractivity contribution in [1.29, 1.82) is 0 Å². The molecule has 0 saturated carbocycles. The van der Waals surface area contributed by atoms with Gasteiger partial charge in [-0.25, -0.2) is 16.8 Å². The number of benzene rings is 2. The molecule has 172 valence electrons. The highest BCUT2D eigenvalue weighted by Crippen LogP contribution is 2.38. The van der Waals surface area contributed by atoms with Crippen LogP contribution in [0.25, 0.3) is 11.0 Å². The van der Waals surface area contributed by atoms with Crippen molar-refractivity contribution in [3.63, 3.8) is 0 Å². The summed E-state index contributed by atoms with van der Waals surface area (Å²) in [6, 6.07) is 12.1. The Kier molecular flexibility index (Phi) is 6.81. The van der Waals surface area contributed by atoms with Crippen molar-refractivity contribution in [2.24, 2.45) is 11.8 Å². The van der Waals surface area contributed by atoms with E-state index in [0.29, 0.717) is 27.2 Å². The van der Waals surface area contributed by atoms with E-state index >= 15 is 0 Å². The Bertz CT molecular complexity index is 1290. The molecule has 0 unspecified atom stereocenters. The van der Waals surface area contributed by atoms with Gasteiger partial charge in [0.25, 0.3) is 0 Å². The molecule has 2 aliphatic carbocycles. The van der Waals surface area contributed by atoms with Gasteiger partial charge in [-0.15, -0.1) is 0 Å². The van der Waals surface area contributed by atoms with E-state index in [1.807, 2.05) is 19.9 Å². The molecule has 0 saturated heterocycles. The van der Waals surface area contributed by atoms with Gasteiger partial charge in [0.15, 0.2) is 19.7 Å². The van der Waals surface area contributed by atoms with Crippen molar-refractivity contribution in [2.75, 3.05) is 12.5 Å². The standard InChI is InChI=1S/2C12H14O3S/c1-8-6-7-9-10(12(8)13)4-3-5-11(9)16(2,14)15;1-8-7-11(16(2,14)15)9-5-3-4-6-10(9)12(8)13/h2*3-8,12-13H,1-2H3/t2*8-,12-/m00/s1.